The standard InChI is InChI=1S/C21H15ClN4O2.CH4O/c22-16-6-3-14(4-7-16)18-13-20(26(25-18)21(28)2-1-11-27)15-5-8-17-19(12-15)24-10-9-23-17;1-2/h1-12,20H,13H2;2H,1H3/b2-1+;. The number of aldehydes is 1. The average molecular weight is 423 g/mol. The zero-order valence-electron chi connectivity index (χ0n) is 16.1. The van der Waals surface area contributed by atoms with Crippen LogP contribution in [0.2, 0.25) is 5.02 Å². The topological polar surface area (TPSA) is 95.8 Å². The SMILES string of the molecule is CO.O=C/C=C/C(=O)N1N=C(c2ccc(Cl)cc2)CC1c1ccc2nccnc2c1. The molecule has 1 atom stereocenters. The van der Waals surface area contributed by atoms with Crippen LogP contribution in [0.3, 0.4) is 0 Å². The first-order chi connectivity index (χ1) is 14.7. The molecule has 0 radical (unpaired) electrons. The lowest BCUT2D eigenvalue weighted by Gasteiger charge is -2.20. The summed E-state index contributed by atoms with van der Waals surface area (Å²) in [5.41, 5.74) is 4.09. The molecule has 0 bridgehead atoms. The third kappa shape index (κ3) is 4.59. The molecule has 1 aliphatic rings. The summed E-state index contributed by atoms with van der Waals surface area (Å²) in [6.07, 6.45) is 6.76. The molecule has 1 aliphatic heterocycles. The predicted molar refractivity (Wildman–Crippen MR) is 115 cm³/mol. The van der Waals surface area contributed by atoms with Crippen molar-refractivity contribution in [2.45, 2.75) is 12.5 Å². The zero-order chi connectivity index (χ0) is 21.5. The largest absolute Gasteiger partial charge is 0.400 e. The van der Waals surface area contributed by atoms with Crippen molar-refractivity contribution < 1.29 is 14.7 Å². The summed E-state index contributed by atoms with van der Waals surface area (Å²) in [7, 11) is 1.00. The molecule has 1 unspecified atom stereocenters. The molecule has 1 N–H and O–H groups in total. The summed E-state index contributed by atoms with van der Waals surface area (Å²) >= 11 is 5.98. The Morgan fingerprint density at radius 3 is 2.50 bits per heavy atom. The number of hydrazone groups is 1. The van der Waals surface area contributed by atoms with E-state index >= 15 is 0 Å². The molecule has 7 nitrogen and oxygen atoms in total. The van der Waals surface area contributed by atoms with E-state index in [2.05, 4.69) is 15.1 Å². The van der Waals surface area contributed by atoms with Crippen molar-refractivity contribution in [1.82, 2.24) is 15.0 Å². The van der Waals surface area contributed by atoms with Crippen molar-refractivity contribution in [3.63, 3.8) is 0 Å². The molecule has 1 aromatic heterocycles. The minimum absolute atomic E-state index is 0.305. The van der Waals surface area contributed by atoms with Gasteiger partial charge in [0.25, 0.3) is 5.91 Å². The molecule has 8 heteroatoms. The van der Waals surface area contributed by atoms with Gasteiger partial charge >= 0.3 is 0 Å². The molecule has 0 spiro atoms. The number of hydrogen-bond acceptors (Lipinski definition) is 6. The monoisotopic (exact) mass is 422 g/mol. The molecular formula is C22H19ClN4O3. The molecule has 0 saturated carbocycles. The van der Waals surface area contributed by atoms with Gasteiger partial charge in [-0.05, 0) is 41.5 Å². The van der Waals surface area contributed by atoms with E-state index in [-0.39, 0.29) is 11.9 Å². The van der Waals surface area contributed by atoms with E-state index in [9.17, 15) is 9.59 Å². The Morgan fingerprint density at radius 2 is 1.80 bits per heavy atom. The van der Waals surface area contributed by atoms with Crippen LogP contribution in [0.15, 0.2) is 72.1 Å². The number of fused-ring (bicyclic) bond motifs is 1. The van der Waals surface area contributed by atoms with Crippen molar-refractivity contribution in [1.29, 1.82) is 0 Å². The summed E-state index contributed by atoms with van der Waals surface area (Å²) in [5, 5.41) is 13.6. The summed E-state index contributed by atoms with van der Waals surface area (Å²) < 4.78 is 0. The number of carbonyl (C=O) groups excluding carboxylic acids is 2. The highest BCUT2D eigenvalue weighted by atomic mass is 35.5. The zero-order valence-corrected chi connectivity index (χ0v) is 16.9. The first kappa shape index (κ1) is 21.3. The summed E-state index contributed by atoms with van der Waals surface area (Å²) in [6.45, 7) is 0. The number of halogens is 1. The van der Waals surface area contributed by atoms with Crippen LogP contribution >= 0.6 is 11.6 Å². The van der Waals surface area contributed by atoms with Crippen LogP contribution in [0.4, 0.5) is 0 Å². The normalized spacial score (nSPS) is 15.6. The van der Waals surface area contributed by atoms with Gasteiger partial charge in [-0.1, -0.05) is 29.8 Å². The molecule has 0 fully saturated rings. The molecule has 4 rings (SSSR count). The highest BCUT2D eigenvalue weighted by Gasteiger charge is 2.32. The van der Waals surface area contributed by atoms with E-state index in [1.165, 1.54) is 17.2 Å². The Morgan fingerprint density at radius 1 is 1.10 bits per heavy atom. The Hall–Kier alpha value is -3.42. The van der Waals surface area contributed by atoms with Gasteiger partial charge in [0.2, 0.25) is 0 Å². The molecular weight excluding hydrogens is 404 g/mol. The fourth-order valence-electron chi connectivity index (χ4n) is 3.18. The molecule has 0 aliphatic carbocycles. The van der Waals surface area contributed by atoms with Gasteiger partial charge in [0.05, 0.1) is 22.8 Å². The van der Waals surface area contributed by atoms with Gasteiger partial charge in [-0.25, -0.2) is 5.01 Å². The highest BCUT2D eigenvalue weighted by molar-refractivity contribution is 6.30. The number of hydrogen-bond donors (Lipinski definition) is 1. The maximum absolute atomic E-state index is 12.6. The van der Waals surface area contributed by atoms with Crippen molar-refractivity contribution in [3.8, 4) is 0 Å². The number of aliphatic hydroxyl groups excluding tert-OH is 1. The van der Waals surface area contributed by atoms with E-state index in [1.54, 1.807) is 24.5 Å². The number of nitrogens with zero attached hydrogens (tertiary/aromatic N) is 4. The van der Waals surface area contributed by atoms with Crippen molar-refractivity contribution in [3.05, 3.63) is 83.2 Å². The lowest BCUT2D eigenvalue weighted by atomic mass is 9.98. The van der Waals surface area contributed by atoms with E-state index in [0.29, 0.717) is 17.7 Å². The maximum Gasteiger partial charge on any atom is 0.267 e. The van der Waals surface area contributed by atoms with Crippen molar-refractivity contribution in [2.75, 3.05) is 7.11 Å². The van der Waals surface area contributed by atoms with Crippen LogP contribution in [0, 0.1) is 0 Å². The van der Waals surface area contributed by atoms with Crippen molar-refractivity contribution in [2.24, 2.45) is 5.10 Å². The Kier molecular flexibility index (Phi) is 7.00. The van der Waals surface area contributed by atoms with Crippen molar-refractivity contribution >= 4 is 40.5 Å². The van der Waals surface area contributed by atoms with Crippen LogP contribution in [-0.2, 0) is 9.59 Å². The first-order valence-electron chi connectivity index (χ1n) is 9.09. The summed E-state index contributed by atoms with van der Waals surface area (Å²) in [6, 6.07) is 12.7. The van der Waals surface area contributed by atoms with Gasteiger partial charge in [-0.2, -0.15) is 5.10 Å². The van der Waals surface area contributed by atoms with Crippen LogP contribution in [0.5, 0.6) is 0 Å². The number of allylic oxidation sites excluding steroid dienone is 1. The molecule has 152 valence electrons. The van der Waals surface area contributed by atoms with E-state index in [4.69, 9.17) is 16.7 Å². The molecule has 30 heavy (non-hydrogen) atoms. The molecule has 2 heterocycles. The third-order valence-corrected chi connectivity index (χ3v) is 4.76. The van der Waals surface area contributed by atoms with Gasteiger partial charge in [0, 0.05) is 37.0 Å². The molecule has 3 aromatic rings. The number of aromatic nitrogens is 2. The van der Waals surface area contributed by atoms with E-state index in [0.717, 1.165) is 35.0 Å². The van der Waals surface area contributed by atoms with Gasteiger partial charge in [-0.3, -0.25) is 19.6 Å². The lowest BCUT2D eigenvalue weighted by molar-refractivity contribution is -0.127. The maximum atomic E-state index is 12.6. The predicted octanol–water partition coefficient (Wildman–Crippen LogP) is 3.32. The number of amides is 1. The quantitative estimate of drug-likeness (QED) is 0.514. The second-order valence-corrected chi connectivity index (χ2v) is 6.69. The minimum atomic E-state index is -0.361. The highest BCUT2D eigenvalue weighted by Crippen LogP contribution is 2.34. The second kappa shape index (κ2) is 9.87. The smallest absolute Gasteiger partial charge is 0.267 e. The Bertz CT molecular complexity index is 1110. The summed E-state index contributed by atoms with van der Waals surface area (Å²) in [5.74, 6) is -0.361. The average Bonchev–Trinajstić information content (AvgIpc) is 3.24. The number of rotatable bonds is 4. The number of benzene rings is 2. The van der Waals surface area contributed by atoms with Crippen LogP contribution in [-0.4, -0.2) is 45.1 Å². The number of aliphatic hydroxyl groups is 1. The Balaban J connectivity index is 0.00000124. The molecule has 0 saturated heterocycles. The van der Waals surface area contributed by atoms with Gasteiger partial charge < -0.3 is 5.11 Å². The Labute approximate surface area is 178 Å². The number of carbonyl (C=O) groups is 2. The first-order valence-corrected chi connectivity index (χ1v) is 9.47. The molecule has 1 amide bonds. The lowest BCUT2D eigenvalue weighted by Crippen LogP contribution is -2.25. The fraction of sp³-hybridized carbons (Fsp3) is 0.136. The van der Waals surface area contributed by atoms with E-state index in [1.807, 2.05) is 30.3 Å². The fourth-order valence-corrected chi connectivity index (χ4v) is 3.30. The van der Waals surface area contributed by atoms with Gasteiger partial charge in [0.15, 0.2) is 0 Å². The summed E-state index contributed by atoms with van der Waals surface area (Å²) in [4.78, 5) is 31.8. The van der Waals surface area contributed by atoms with E-state index < -0.39 is 0 Å². The molecule has 2 aromatic carbocycles. The minimum Gasteiger partial charge on any atom is -0.400 e. The van der Waals surface area contributed by atoms with Crippen LogP contribution < -0.4 is 0 Å². The second-order valence-electron chi connectivity index (χ2n) is 6.26. The van der Waals surface area contributed by atoms with Crippen LogP contribution in [0.1, 0.15) is 23.6 Å². The van der Waals surface area contributed by atoms with Crippen LogP contribution in [0.25, 0.3) is 11.0 Å². The third-order valence-electron chi connectivity index (χ3n) is 4.51. The van der Waals surface area contributed by atoms with Gasteiger partial charge in [-0.15, -0.1) is 0 Å². The van der Waals surface area contributed by atoms with Gasteiger partial charge in [0.1, 0.15) is 6.29 Å².